The predicted octanol–water partition coefficient (Wildman–Crippen LogP) is 7.31. The quantitative estimate of drug-likeness (QED) is 0.494. The molecule has 4 aliphatic rings. The highest BCUT2D eigenvalue weighted by molar-refractivity contribution is 5.72. The maximum atomic E-state index is 4.42. The van der Waals surface area contributed by atoms with Crippen molar-refractivity contribution in [3.8, 4) is 0 Å². The van der Waals surface area contributed by atoms with Gasteiger partial charge in [0.1, 0.15) is 0 Å². The Hall–Kier alpha value is -1.37. The minimum atomic E-state index is 0.348. The average molecular weight is 376 g/mol. The molecular weight excluding hydrogens is 338 g/mol. The second kappa shape index (κ2) is 6.57. The molecule has 4 aliphatic carbocycles. The normalized spacial score (nSPS) is 42.3. The molecule has 0 saturated heterocycles. The van der Waals surface area contributed by atoms with E-state index >= 15 is 0 Å². The van der Waals surface area contributed by atoms with Crippen molar-refractivity contribution in [2.24, 2.45) is 40.4 Å². The van der Waals surface area contributed by atoms with Crippen molar-refractivity contribution >= 4 is 5.57 Å². The lowest BCUT2D eigenvalue weighted by atomic mass is 9.46. The molecule has 0 N–H and O–H groups in total. The van der Waals surface area contributed by atoms with Crippen molar-refractivity contribution in [3.63, 3.8) is 0 Å². The van der Waals surface area contributed by atoms with Gasteiger partial charge in [-0.2, -0.15) is 0 Å². The van der Waals surface area contributed by atoms with Crippen molar-refractivity contribution < 1.29 is 0 Å². The van der Waals surface area contributed by atoms with Crippen LogP contribution in [0.1, 0.15) is 78.2 Å². The number of nitrogens with zero attached hydrogens (tertiary/aromatic N) is 1. The number of hydrogen-bond acceptors (Lipinski definition) is 1. The Morgan fingerprint density at radius 2 is 1.82 bits per heavy atom. The van der Waals surface area contributed by atoms with E-state index in [4.69, 9.17) is 0 Å². The molecule has 0 amide bonds. The molecule has 6 atom stereocenters. The monoisotopic (exact) mass is 375 g/mol. The predicted molar refractivity (Wildman–Crippen MR) is 118 cm³/mol. The van der Waals surface area contributed by atoms with Gasteiger partial charge in [-0.25, -0.2) is 0 Å². The first-order chi connectivity index (χ1) is 13.4. The molecular formula is C27H37N. The van der Waals surface area contributed by atoms with E-state index in [0.717, 1.165) is 29.6 Å². The van der Waals surface area contributed by atoms with Gasteiger partial charge in [0.2, 0.25) is 0 Å². The standard InChI is InChI=1S/C27H37N/c1-18(2)19-11-13-26(3)21(16-19)7-8-22-24-10-9-23(20-6-5-15-28-17-20)27(24,4)14-12-25(22)26/h5-7,9,15,17-19,22,24-25H,8,10-14,16H2,1-4H3/t19?,22-,24-,25-,26-,27+/m0/s1. The van der Waals surface area contributed by atoms with Crippen LogP contribution in [-0.4, -0.2) is 4.98 Å². The van der Waals surface area contributed by atoms with Crippen LogP contribution in [0.3, 0.4) is 0 Å². The third kappa shape index (κ3) is 2.61. The van der Waals surface area contributed by atoms with Gasteiger partial charge in [-0.3, -0.25) is 4.98 Å². The van der Waals surface area contributed by atoms with Gasteiger partial charge in [0, 0.05) is 12.4 Å². The number of allylic oxidation sites excluding steroid dienone is 4. The van der Waals surface area contributed by atoms with Crippen LogP contribution < -0.4 is 0 Å². The number of fused-ring (bicyclic) bond motifs is 5. The molecule has 1 aromatic rings. The maximum absolute atomic E-state index is 4.42. The molecule has 1 heteroatoms. The topological polar surface area (TPSA) is 12.9 Å². The summed E-state index contributed by atoms with van der Waals surface area (Å²) in [5.74, 6) is 4.33. The third-order valence-corrected chi connectivity index (χ3v) is 9.64. The molecule has 1 nitrogen and oxygen atoms in total. The van der Waals surface area contributed by atoms with E-state index in [1.807, 2.05) is 11.8 Å². The Labute approximate surface area is 171 Å². The van der Waals surface area contributed by atoms with Gasteiger partial charge in [0.15, 0.2) is 0 Å². The van der Waals surface area contributed by atoms with E-state index in [-0.39, 0.29) is 0 Å². The molecule has 0 bridgehead atoms. The number of hydrogen-bond donors (Lipinski definition) is 0. The summed E-state index contributed by atoms with van der Waals surface area (Å²) >= 11 is 0. The van der Waals surface area contributed by atoms with Crippen molar-refractivity contribution in [3.05, 3.63) is 47.8 Å². The summed E-state index contributed by atoms with van der Waals surface area (Å²) < 4.78 is 0. The van der Waals surface area contributed by atoms with E-state index in [0.29, 0.717) is 10.8 Å². The van der Waals surface area contributed by atoms with Gasteiger partial charge in [-0.15, -0.1) is 0 Å². The maximum Gasteiger partial charge on any atom is 0.0343 e. The third-order valence-electron chi connectivity index (χ3n) is 9.64. The van der Waals surface area contributed by atoms with Crippen LogP contribution in [0.4, 0.5) is 0 Å². The van der Waals surface area contributed by atoms with Crippen LogP contribution in [0.5, 0.6) is 0 Å². The average Bonchev–Trinajstić information content (AvgIpc) is 3.05. The minimum absolute atomic E-state index is 0.348. The number of pyridine rings is 1. The largest absolute Gasteiger partial charge is 0.264 e. The van der Waals surface area contributed by atoms with E-state index in [1.165, 1.54) is 50.5 Å². The number of rotatable bonds is 2. The fraction of sp³-hybridized carbons (Fsp3) is 0.667. The van der Waals surface area contributed by atoms with Gasteiger partial charge in [-0.05, 0) is 103 Å². The van der Waals surface area contributed by atoms with Gasteiger partial charge < -0.3 is 0 Å². The van der Waals surface area contributed by atoms with Crippen molar-refractivity contribution in [1.29, 1.82) is 0 Å². The Morgan fingerprint density at radius 3 is 2.57 bits per heavy atom. The first kappa shape index (κ1) is 18.6. The molecule has 0 radical (unpaired) electrons. The number of aromatic nitrogens is 1. The highest BCUT2D eigenvalue weighted by Gasteiger charge is 2.56. The summed E-state index contributed by atoms with van der Waals surface area (Å²) in [6.45, 7) is 10.1. The molecule has 5 rings (SSSR count). The van der Waals surface area contributed by atoms with Crippen LogP contribution >= 0.6 is 0 Å². The summed E-state index contributed by atoms with van der Waals surface area (Å²) in [5.41, 5.74) is 5.61. The zero-order valence-electron chi connectivity index (χ0n) is 18.2. The SMILES string of the molecule is CC(C)C1CC[C@@]2(C)C(=CC[C@@H]3[C@@H]2CC[C@]2(C)C(c4cccnc4)=CC[C@@H]32)C1. The second-order valence-electron chi connectivity index (χ2n) is 11.1. The van der Waals surface area contributed by atoms with Crippen LogP contribution in [0.25, 0.3) is 5.57 Å². The van der Waals surface area contributed by atoms with Gasteiger partial charge in [0.05, 0.1) is 0 Å². The minimum Gasteiger partial charge on any atom is -0.264 e. The van der Waals surface area contributed by atoms with Gasteiger partial charge in [-0.1, -0.05) is 51.5 Å². The molecule has 1 unspecified atom stereocenters. The van der Waals surface area contributed by atoms with Gasteiger partial charge in [0.25, 0.3) is 0 Å². The zero-order chi connectivity index (χ0) is 19.5. The summed E-state index contributed by atoms with van der Waals surface area (Å²) in [6, 6.07) is 4.37. The molecule has 0 spiro atoms. The van der Waals surface area contributed by atoms with Crippen LogP contribution in [0.15, 0.2) is 42.3 Å². The summed E-state index contributed by atoms with van der Waals surface area (Å²) in [7, 11) is 0. The van der Waals surface area contributed by atoms with Crippen LogP contribution in [-0.2, 0) is 0 Å². The molecule has 0 aromatic carbocycles. The molecule has 0 aliphatic heterocycles. The Bertz CT molecular complexity index is 803. The van der Waals surface area contributed by atoms with E-state index in [9.17, 15) is 0 Å². The Morgan fingerprint density at radius 1 is 1.00 bits per heavy atom. The molecule has 1 heterocycles. The van der Waals surface area contributed by atoms with Crippen molar-refractivity contribution in [2.75, 3.05) is 0 Å². The van der Waals surface area contributed by atoms with E-state index in [2.05, 4.69) is 63.2 Å². The van der Waals surface area contributed by atoms with Crippen molar-refractivity contribution in [2.45, 2.75) is 72.6 Å². The molecule has 28 heavy (non-hydrogen) atoms. The van der Waals surface area contributed by atoms with Gasteiger partial charge >= 0.3 is 0 Å². The molecule has 2 saturated carbocycles. The van der Waals surface area contributed by atoms with Crippen molar-refractivity contribution in [1.82, 2.24) is 4.98 Å². The van der Waals surface area contributed by atoms with E-state index < -0.39 is 0 Å². The Balaban J connectivity index is 1.44. The Kier molecular flexibility index (Phi) is 4.38. The van der Waals surface area contributed by atoms with Crippen LogP contribution in [0.2, 0.25) is 0 Å². The molecule has 2 fully saturated rings. The summed E-state index contributed by atoms with van der Waals surface area (Å²) in [6.07, 6.45) is 18.9. The zero-order valence-corrected chi connectivity index (χ0v) is 18.2. The molecule has 1 aromatic heterocycles. The summed E-state index contributed by atoms with van der Waals surface area (Å²) in [5, 5.41) is 0. The fourth-order valence-corrected chi connectivity index (χ4v) is 7.80. The second-order valence-corrected chi connectivity index (χ2v) is 11.1. The summed E-state index contributed by atoms with van der Waals surface area (Å²) in [4.78, 5) is 4.42. The highest BCUT2D eigenvalue weighted by atomic mass is 14.6. The lowest BCUT2D eigenvalue weighted by molar-refractivity contribution is -0.0167. The fourth-order valence-electron chi connectivity index (χ4n) is 7.80. The molecule has 150 valence electrons. The first-order valence-electron chi connectivity index (χ1n) is 11.7. The lowest BCUT2D eigenvalue weighted by Crippen LogP contribution is -2.49. The van der Waals surface area contributed by atoms with Crippen LogP contribution in [0, 0.1) is 40.4 Å². The van der Waals surface area contributed by atoms with E-state index in [1.54, 1.807) is 5.57 Å². The first-order valence-corrected chi connectivity index (χ1v) is 11.7. The lowest BCUT2D eigenvalue weighted by Gasteiger charge is -2.58. The smallest absolute Gasteiger partial charge is 0.0343 e. The highest BCUT2D eigenvalue weighted by Crippen LogP contribution is 2.66.